The molecule has 5 atom stereocenters. The maximum atomic E-state index is 12.7. The number of allylic oxidation sites excluding steroid dienone is 3. The van der Waals surface area contributed by atoms with Crippen LogP contribution in [0.15, 0.2) is 37.0 Å². The summed E-state index contributed by atoms with van der Waals surface area (Å²) in [6.45, 7) is 21.0. The van der Waals surface area contributed by atoms with Gasteiger partial charge in [0.05, 0.1) is 0 Å². The maximum absolute atomic E-state index is 12.7. The molecule has 1 saturated heterocycles. The second-order valence-electron chi connectivity index (χ2n) is 9.87. The van der Waals surface area contributed by atoms with Crippen LogP contribution in [-0.2, 0) is 53.1 Å². The molecular formula is C30H50O11. The Morgan fingerprint density at radius 1 is 0.610 bits per heavy atom. The third kappa shape index (κ3) is 14.2. The fourth-order valence-corrected chi connectivity index (χ4v) is 3.75. The number of rotatable bonds is 23. The van der Waals surface area contributed by atoms with E-state index in [1.807, 2.05) is 34.6 Å². The smallest absolute Gasteiger partial charge is 0.306 e. The van der Waals surface area contributed by atoms with E-state index in [1.54, 1.807) is 0 Å². The molecule has 41 heavy (non-hydrogen) atoms. The van der Waals surface area contributed by atoms with Crippen molar-refractivity contribution in [2.75, 3.05) is 6.61 Å². The topological polar surface area (TPSA) is 117 Å². The minimum atomic E-state index is -1.30. The van der Waals surface area contributed by atoms with E-state index < -0.39 is 42.6 Å². The first-order valence-corrected chi connectivity index (χ1v) is 14.7. The Morgan fingerprint density at radius 3 is 1.63 bits per heavy atom. The van der Waals surface area contributed by atoms with Crippen molar-refractivity contribution in [1.29, 1.82) is 0 Å². The average Bonchev–Trinajstić information content (AvgIpc) is 2.93. The number of hydrogen-bond acceptors (Lipinski definition) is 11. The summed E-state index contributed by atoms with van der Waals surface area (Å²) in [4.78, 5) is 58.5. The van der Waals surface area contributed by atoms with Crippen LogP contribution in [0.3, 0.4) is 0 Å². The molecule has 5 unspecified atom stereocenters. The van der Waals surface area contributed by atoms with Gasteiger partial charge in [-0.15, -0.1) is 0 Å². The number of hydrogen-bond donors (Lipinski definition) is 0. The van der Waals surface area contributed by atoms with E-state index in [4.69, 9.17) is 43.5 Å². The Morgan fingerprint density at radius 2 is 1.12 bits per heavy atom. The first-order chi connectivity index (χ1) is 19.7. The highest BCUT2D eigenvalue weighted by atomic mass is 17.3. The Kier molecular flexibility index (Phi) is 18.8. The highest BCUT2D eigenvalue weighted by molar-refractivity contribution is 5.70. The second kappa shape index (κ2) is 21.2. The van der Waals surface area contributed by atoms with E-state index in [0.717, 1.165) is 25.7 Å². The summed E-state index contributed by atoms with van der Waals surface area (Å²) < 4.78 is 17.4. The molecule has 11 nitrogen and oxygen atoms in total. The molecule has 0 aromatic carbocycles. The number of carbonyl (C=O) groups excluding carboxylic acids is 2. The zero-order chi connectivity index (χ0) is 30.6. The normalized spacial score (nSPS) is 21.9. The summed E-state index contributed by atoms with van der Waals surface area (Å²) in [5.41, 5.74) is 0. The molecule has 0 saturated carbocycles. The van der Waals surface area contributed by atoms with Crippen molar-refractivity contribution in [3.63, 3.8) is 0 Å². The average molecular weight is 587 g/mol. The van der Waals surface area contributed by atoms with Gasteiger partial charge in [0, 0.05) is 32.1 Å². The predicted molar refractivity (Wildman–Crippen MR) is 150 cm³/mol. The van der Waals surface area contributed by atoms with Crippen molar-refractivity contribution < 1.29 is 53.1 Å². The van der Waals surface area contributed by atoms with Gasteiger partial charge >= 0.3 is 11.9 Å². The number of carbonyl (C=O) groups is 2. The summed E-state index contributed by atoms with van der Waals surface area (Å²) in [6.07, 6.45) is 0.485. The molecule has 1 fully saturated rings. The highest BCUT2D eigenvalue weighted by Crippen LogP contribution is 2.32. The quantitative estimate of drug-likeness (QED) is 0.0552. The van der Waals surface area contributed by atoms with Crippen LogP contribution in [0.1, 0.15) is 105 Å². The van der Waals surface area contributed by atoms with Gasteiger partial charge < -0.3 is 28.9 Å². The second-order valence-corrected chi connectivity index (χ2v) is 9.87. The lowest BCUT2D eigenvalue weighted by Gasteiger charge is -2.42. The molecule has 0 spiro atoms. The molecule has 11 heteroatoms. The van der Waals surface area contributed by atoms with E-state index in [-0.39, 0.29) is 19.4 Å². The first kappa shape index (κ1) is 36.4. The molecule has 0 amide bonds. The van der Waals surface area contributed by atoms with Crippen LogP contribution in [0.5, 0.6) is 0 Å². The van der Waals surface area contributed by atoms with E-state index in [0.29, 0.717) is 49.4 Å². The summed E-state index contributed by atoms with van der Waals surface area (Å²) >= 11 is 0. The van der Waals surface area contributed by atoms with E-state index >= 15 is 0 Å². The molecule has 0 radical (unpaired) electrons. The van der Waals surface area contributed by atoms with Crippen LogP contribution in [0.2, 0.25) is 0 Å². The Hall–Kier alpha value is -2.60. The Balaban J connectivity index is 3.39. The molecule has 0 aliphatic carbocycles. The van der Waals surface area contributed by atoms with Crippen LogP contribution >= 0.6 is 0 Å². The molecule has 0 aromatic rings. The Bertz CT molecular complexity index is 812. The van der Waals surface area contributed by atoms with Gasteiger partial charge in [0.1, 0.15) is 30.0 Å². The number of ether oxygens (including phenoxy) is 3. The molecule has 0 bridgehead atoms. The van der Waals surface area contributed by atoms with Gasteiger partial charge in [0.15, 0.2) is 18.3 Å². The summed E-state index contributed by atoms with van der Waals surface area (Å²) in [7, 11) is 0. The lowest BCUT2D eigenvalue weighted by Crippen LogP contribution is -2.62. The van der Waals surface area contributed by atoms with Crippen LogP contribution in [-0.4, -0.2) is 49.3 Å². The predicted octanol–water partition coefficient (Wildman–Crippen LogP) is 6.68. The summed E-state index contributed by atoms with van der Waals surface area (Å²) in [5, 5.41) is 0. The molecule has 236 valence electrons. The van der Waals surface area contributed by atoms with Crippen LogP contribution in [0.25, 0.3) is 0 Å². The standard InChI is InChI=1S/C30H50O11/c1-9-14-19-25(31)33-20-24-27(35-26(32)18-13-5)28(39-36-21(6)15-10-2)29(40-37-22(7)16-11-3)30(34-24)41-38-23(8)17-12-4/h24,27-30H,6-20H2,1-5H3. The minimum absolute atomic E-state index is 0.144. The summed E-state index contributed by atoms with van der Waals surface area (Å²) in [5.74, 6) is 0.132. The highest BCUT2D eigenvalue weighted by Gasteiger charge is 2.54. The van der Waals surface area contributed by atoms with Crippen LogP contribution in [0, 0.1) is 0 Å². The summed E-state index contributed by atoms with van der Waals surface area (Å²) in [6, 6.07) is 0. The number of esters is 2. The molecule has 0 N–H and O–H groups in total. The molecule has 1 rings (SSSR count). The van der Waals surface area contributed by atoms with Gasteiger partial charge in [0.2, 0.25) is 6.29 Å². The van der Waals surface area contributed by atoms with E-state index in [2.05, 4.69) is 19.7 Å². The third-order valence-electron chi connectivity index (χ3n) is 5.86. The molecule has 1 heterocycles. The Labute approximate surface area is 244 Å². The number of unbranched alkanes of at least 4 members (excludes halogenated alkanes) is 1. The molecular weight excluding hydrogens is 536 g/mol. The third-order valence-corrected chi connectivity index (χ3v) is 5.86. The van der Waals surface area contributed by atoms with Crippen molar-refractivity contribution in [2.45, 2.75) is 136 Å². The lowest BCUT2D eigenvalue weighted by atomic mass is 9.98. The van der Waals surface area contributed by atoms with Crippen molar-refractivity contribution in [1.82, 2.24) is 0 Å². The molecule has 0 aromatic heterocycles. The van der Waals surface area contributed by atoms with E-state index in [9.17, 15) is 9.59 Å². The van der Waals surface area contributed by atoms with Crippen molar-refractivity contribution in [2.24, 2.45) is 0 Å². The first-order valence-electron chi connectivity index (χ1n) is 14.7. The molecule has 1 aliphatic rings. The molecule has 1 aliphatic heterocycles. The van der Waals surface area contributed by atoms with Gasteiger partial charge in [-0.3, -0.25) is 9.59 Å². The van der Waals surface area contributed by atoms with Crippen LogP contribution < -0.4 is 0 Å². The van der Waals surface area contributed by atoms with Crippen LogP contribution in [0.4, 0.5) is 0 Å². The van der Waals surface area contributed by atoms with E-state index in [1.165, 1.54) is 0 Å². The fraction of sp³-hybridized carbons (Fsp3) is 0.733. The van der Waals surface area contributed by atoms with Gasteiger partial charge in [-0.25, -0.2) is 0 Å². The van der Waals surface area contributed by atoms with Crippen molar-refractivity contribution in [3.8, 4) is 0 Å². The largest absolute Gasteiger partial charge is 0.463 e. The maximum Gasteiger partial charge on any atom is 0.306 e. The zero-order valence-corrected chi connectivity index (χ0v) is 25.5. The SMILES string of the molecule is C=C(CCC)OOC1OC(COC(=O)CCCC)C(OC(=O)CCC)C(OOC(=C)CCC)C1OOC(=C)CCC. The minimum Gasteiger partial charge on any atom is -0.463 e. The van der Waals surface area contributed by atoms with Gasteiger partial charge in [0.25, 0.3) is 0 Å². The van der Waals surface area contributed by atoms with Gasteiger partial charge in [-0.05, 0) is 32.1 Å². The monoisotopic (exact) mass is 586 g/mol. The lowest BCUT2D eigenvalue weighted by molar-refractivity contribution is -0.473. The van der Waals surface area contributed by atoms with Gasteiger partial charge in [-0.2, -0.15) is 14.7 Å². The zero-order valence-electron chi connectivity index (χ0n) is 25.5. The van der Waals surface area contributed by atoms with Crippen molar-refractivity contribution in [3.05, 3.63) is 37.0 Å². The van der Waals surface area contributed by atoms with Crippen molar-refractivity contribution >= 4 is 11.9 Å². The fourth-order valence-electron chi connectivity index (χ4n) is 3.75. The van der Waals surface area contributed by atoms with Gasteiger partial charge in [-0.1, -0.05) is 60.8 Å².